The van der Waals surface area contributed by atoms with Gasteiger partial charge in [-0.05, 0) is 44.1 Å². The van der Waals surface area contributed by atoms with Crippen LogP contribution in [0.25, 0.3) is 5.69 Å². The number of rotatable bonds is 7. The minimum Gasteiger partial charge on any atom is -0.495 e. The van der Waals surface area contributed by atoms with Crippen LogP contribution < -0.4 is 15.4 Å². The van der Waals surface area contributed by atoms with Crippen molar-refractivity contribution in [2.24, 2.45) is 0 Å². The smallest absolute Gasteiger partial charge is 0.271 e. The van der Waals surface area contributed by atoms with Gasteiger partial charge in [0, 0.05) is 30.2 Å². The summed E-state index contributed by atoms with van der Waals surface area (Å²) in [4.78, 5) is 34.5. The minimum atomic E-state index is -0.553. The van der Waals surface area contributed by atoms with Crippen LogP contribution in [0.2, 0.25) is 0 Å². The number of nitrogens with zero attached hydrogens (tertiary/aromatic N) is 4. The van der Waals surface area contributed by atoms with Gasteiger partial charge in [0.05, 0.1) is 45.8 Å². The minimum absolute atomic E-state index is 0. The molecule has 35 heavy (non-hydrogen) atoms. The van der Waals surface area contributed by atoms with Crippen LogP contribution in [0.1, 0.15) is 34.8 Å². The van der Waals surface area contributed by atoms with Gasteiger partial charge in [0.1, 0.15) is 5.75 Å². The fourth-order valence-electron chi connectivity index (χ4n) is 4.04. The zero-order valence-corrected chi connectivity index (χ0v) is 19.5. The van der Waals surface area contributed by atoms with E-state index in [0.717, 1.165) is 25.9 Å². The van der Waals surface area contributed by atoms with Gasteiger partial charge < -0.3 is 15.4 Å². The number of halogens is 1. The first-order valence-corrected chi connectivity index (χ1v) is 10.6. The van der Waals surface area contributed by atoms with Crippen LogP contribution >= 0.6 is 12.4 Å². The van der Waals surface area contributed by atoms with Gasteiger partial charge in [-0.2, -0.15) is 5.10 Å². The molecule has 0 radical (unpaired) electrons. The number of piperidine rings is 1. The third-order valence-electron chi connectivity index (χ3n) is 5.72. The largest absolute Gasteiger partial charge is 0.495 e. The Morgan fingerprint density at radius 1 is 1.09 bits per heavy atom. The normalized spacial score (nSPS) is 13.5. The molecule has 1 fully saturated rings. The van der Waals surface area contributed by atoms with Crippen LogP contribution in [-0.4, -0.2) is 45.7 Å². The second kappa shape index (κ2) is 10.9. The van der Waals surface area contributed by atoms with Gasteiger partial charge in [0.15, 0.2) is 0 Å². The molecule has 0 aliphatic carbocycles. The lowest BCUT2D eigenvalue weighted by atomic mass is 9.91. The van der Waals surface area contributed by atoms with E-state index in [1.807, 2.05) is 0 Å². The summed E-state index contributed by atoms with van der Waals surface area (Å²) >= 11 is 0. The van der Waals surface area contributed by atoms with Crippen LogP contribution in [0.15, 0.2) is 48.7 Å². The average Bonchev–Trinajstić information content (AvgIpc) is 3.30. The maximum Gasteiger partial charge on any atom is 0.271 e. The number of methoxy groups -OCH3 is 1. The van der Waals surface area contributed by atoms with E-state index >= 15 is 0 Å². The molecule has 1 aliphatic rings. The van der Waals surface area contributed by atoms with Crippen LogP contribution in [0.5, 0.6) is 5.75 Å². The predicted molar refractivity (Wildman–Crippen MR) is 130 cm³/mol. The zero-order chi connectivity index (χ0) is 24.2. The van der Waals surface area contributed by atoms with E-state index < -0.39 is 15.8 Å². The Labute approximate surface area is 206 Å². The maximum atomic E-state index is 13.3. The Hall–Kier alpha value is -4.03. The number of nitrogens with one attached hydrogen (secondary N) is 2. The van der Waals surface area contributed by atoms with Crippen molar-refractivity contribution in [3.8, 4) is 11.4 Å². The fraction of sp³-hybridized carbons (Fsp3) is 0.273. The molecule has 2 N–H and O–H groups in total. The summed E-state index contributed by atoms with van der Waals surface area (Å²) in [5.41, 5.74) is 1.52. The predicted octanol–water partition coefficient (Wildman–Crippen LogP) is 3.84. The van der Waals surface area contributed by atoms with E-state index in [-0.39, 0.29) is 41.1 Å². The van der Waals surface area contributed by atoms with Gasteiger partial charge in [-0.25, -0.2) is 4.68 Å². The van der Waals surface area contributed by atoms with E-state index in [2.05, 4.69) is 15.7 Å². The number of amides is 1. The molecular weight excluding hydrogens is 480 g/mol. The molecule has 1 saturated heterocycles. The SMILES string of the molecule is COc1ccc([N+](=O)[O-])cc1NC(=O)c1cnn(-c2ccc([N+](=O)[O-])cc2)c1C1CCNCC1.Cl. The Kier molecular flexibility index (Phi) is 7.99. The third-order valence-corrected chi connectivity index (χ3v) is 5.72. The van der Waals surface area contributed by atoms with Crippen molar-refractivity contribution in [3.05, 3.63) is 80.1 Å². The van der Waals surface area contributed by atoms with Crippen molar-refractivity contribution < 1.29 is 19.4 Å². The van der Waals surface area contributed by atoms with Crippen molar-refractivity contribution in [2.45, 2.75) is 18.8 Å². The van der Waals surface area contributed by atoms with Crippen LogP contribution in [0, 0.1) is 20.2 Å². The summed E-state index contributed by atoms with van der Waals surface area (Å²) in [5.74, 6) is -0.183. The van der Waals surface area contributed by atoms with E-state index in [4.69, 9.17) is 4.74 Å². The second-order valence-corrected chi connectivity index (χ2v) is 7.75. The van der Waals surface area contributed by atoms with Crippen molar-refractivity contribution >= 4 is 35.4 Å². The highest BCUT2D eigenvalue weighted by atomic mass is 35.5. The number of non-ortho nitro benzene ring substituents is 2. The maximum absolute atomic E-state index is 13.3. The summed E-state index contributed by atoms with van der Waals surface area (Å²) in [7, 11) is 1.41. The van der Waals surface area contributed by atoms with E-state index in [1.54, 1.807) is 16.8 Å². The quantitative estimate of drug-likeness (QED) is 0.364. The lowest BCUT2D eigenvalue weighted by Crippen LogP contribution is -2.29. The van der Waals surface area contributed by atoms with Gasteiger partial charge >= 0.3 is 0 Å². The summed E-state index contributed by atoms with van der Waals surface area (Å²) in [6.07, 6.45) is 3.00. The van der Waals surface area contributed by atoms with Crippen LogP contribution in [0.3, 0.4) is 0 Å². The molecule has 4 rings (SSSR count). The summed E-state index contributed by atoms with van der Waals surface area (Å²) < 4.78 is 6.87. The highest BCUT2D eigenvalue weighted by Gasteiger charge is 2.28. The number of carbonyl (C=O) groups is 1. The first-order chi connectivity index (χ1) is 16.4. The first-order valence-electron chi connectivity index (χ1n) is 10.6. The van der Waals surface area contributed by atoms with E-state index in [0.29, 0.717) is 16.9 Å². The number of hydrogen-bond donors (Lipinski definition) is 2. The number of ether oxygens (including phenoxy) is 1. The first kappa shape index (κ1) is 25.6. The Balaban J connectivity index is 0.00000342. The monoisotopic (exact) mass is 502 g/mol. The van der Waals surface area contributed by atoms with Crippen molar-refractivity contribution in [1.29, 1.82) is 0 Å². The molecule has 2 aromatic carbocycles. The molecule has 184 valence electrons. The molecule has 0 saturated carbocycles. The molecule has 3 aromatic rings. The summed E-state index contributed by atoms with van der Waals surface area (Å²) in [5, 5.41) is 32.6. The van der Waals surface area contributed by atoms with Gasteiger partial charge in [-0.3, -0.25) is 25.0 Å². The molecule has 0 spiro atoms. The van der Waals surface area contributed by atoms with Gasteiger partial charge in [0.2, 0.25) is 0 Å². The van der Waals surface area contributed by atoms with E-state index in [9.17, 15) is 25.0 Å². The third kappa shape index (κ3) is 5.39. The van der Waals surface area contributed by atoms with Gasteiger partial charge in [-0.1, -0.05) is 0 Å². The van der Waals surface area contributed by atoms with Crippen LogP contribution in [-0.2, 0) is 0 Å². The van der Waals surface area contributed by atoms with Crippen LogP contribution in [0.4, 0.5) is 17.1 Å². The topological polar surface area (TPSA) is 154 Å². The number of nitro groups is 2. The second-order valence-electron chi connectivity index (χ2n) is 7.75. The fourth-order valence-corrected chi connectivity index (χ4v) is 4.04. The molecule has 0 atom stereocenters. The Morgan fingerprint density at radius 3 is 2.31 bits per heavy atom. The van der Waals surface area contributed by atoms with Crippen molar-refractivity contribution in [2.75, 3.05) is 25.5 Å². The van der Waals surface area contributed by atoms with Gasteiger partial charge in [0.25, 0.3) is 17.3 Å². The number of hydrogen-bond acceptors (Lipinski definition) is 8. The molecule has 0 unspecified atom stereocenters. The molecule has 0 bridgehead atoms. The Bertz CT molecular complexity index is 1240. The molecule has 2 heterocycles. The van der Waals surface area contributed by atoms with Crippen molar-refractivity contribution in [1.82, 2.24) is 15.1 Å². The van der Waals surface area contributed by atoms with Crippen molar-refractivity contribution in [3.63, 3.8) is 0 Å². The molecule has 1 amide bonds. The number of nitro benzene ring substituents is 2. The lowest BCUT2D eigenvalue weighted by Gasteiger charge is -2.24. The number of benzene rings is 2. The summed E-state index contributed by atoms with van der Waals surface area (Å²) in [6, 6.07) is 9.89. The molecular formula is C22H23ClN6O6. The zero-order valence-electron chi connectivity index (χ0n) is 18.7. The number of anilines is 1. The summed E-state index contributed by atoms with van der Waals surface area (Å²) in [6.45, 7) is 1.55. The molecule has 1 aliphatic heterocycles. The molecule has 1 aromatic heterocycles. The molecule has 12 nitrogen and oxygen atoms in total. The highest BCUT2D eigenvalue weighted by Crippen LogP contribution is 2.33. The Morgan fingerprint density at radius 2 is 1.71 bits per heavy atom. The average molecular weight is 503 g/mol. The van der Waals surface area contributed by atoms with E-state index in [1.165, 1.54) is 43.6 Å². The number of carbonyl (C=O) groups excluding carboxylic acids is 1. The number of aromatic nitrogens is 2. The standard InChI is InChI=1S/C22H22N6O6.ClH/c1-34-20-7-6-17(28(32)33)12-19(20)25-22(29)18-13-24-26(21(18)14-8-10-23-11-9-14)15-2-4-16(5-3-15)27(30)31;/h2-7,12-14,23H,8-11H2,1H3,(H,25,29);1H. The lowest BCUT2D eigenvalue weighted by molar-refractivity contribution is -0.385. The highest BCUT2D eigenvalue weighted by molar-refractivity contribution is 6.06. The molecule has 13 heteroatoms. The van der Waals surface area contributed by atoms with Gasteiger partial charge in [-0.15, -0.1) is 12.4 Å².